The molecule has 0 amide bonds. The third kappa shape index (κ3) is 4.73. The molecule has 1 atom stereocenters. The van der Waals surface area contributed by atoms with Gasteiger partial charge in [0, 0.05) is 17.4 Å². The highest BCUT2D eigenvalue weighted by Crippen LogP contribution is 2.18. The molecule has 1 aromatic carbocycles. The Morgan fingerprint density at radius 1 is 1.40 bits per heavy atom. The first-order chi connectivity index (χ1) is 9.46. The summed E-state index contributed by atoms with van der Waals surface area (Å²) in [6, 6.07) is 7.08. The molecular weight excluding hydrogens is 312 g/mol. The Morgan fingerprint density at radius 2 is 2.10 bits per heavy atom. The minimum Gasteiger partial charge on any atom is -0.389 e. The van der Waals surface area contributed by atoms with Crippen molar-refractivity contribution in [3.63, 3.8) is 0 Å². The van der Waals surface area contributed by atoms with Crippen molar-refractivity contribution < 1.29 is 8.42 Å². The lowest BCUT2D eigenvalue weighted by molar-refractivity contribution is 0.542. The largest absolute Gasteiger partial charge is 0.389 e. The third-order valence-electron chi connectivity index (χ3n) is 3.10. The van der Waals surface area contributed by atoms with Crippen molar-refractivity contribution in [2.75, 3.05) is 11.5 Å². The Morgan fingerprint density at radius 3 is 2.65 bits per heavy atom. The van der Waals surface area contributed by atoms with Crippen molar-refractivity contribution in [3.8, 4) is 0 Å². The smallest absolute Gasteiger partial charge is 0.216 e. The van der Waals surface area contributed by atoms with Gasteiger partial charge < -0.3 is 5.73 Å². The number of nitrogens with two attached hydrogens (primary N) is 1. The maximum absolute atomic E-state index is 12.1. The molecular formula is C13H18N2O2S3. The monoisotopic (exact) mass is 330 g/mol. The molecule has 4 nitrogen and oxygen atoms in total. The van der Waals surface area contributed by atoms with Crippen molar-refractivity contribution >= 4 is 39.0 Å². The average molecular weight is 331 g/mol. The van der Waals surface area contributed by atoms with Gasteiger partial charge in [0.05, 0.1) is 5.75 Å². The molecule has 0 aliphatic carbocycles. The van der Waals surface area contributed by atoms with Crippen LogP contribution in [0, 0.1) is 0 Å². The van der Waals surface area contributed by atoms with Crippen molar-refractivity contribution in [1.29, 1.82) is 0 Å². The molecule has 1 heterocycles. The lowest BCUT2D eigenvalue weighted by atomic mass is 10.1. The summed E-state index contributed by atoms with van der Waals surface area (Å²) in [6.45, 7) is 0. The number of hydrogen-bond acceptors (Lipinski definition) is 4. The molecule has 110 valence electrons. The Hall–Kier alpha value is -0.630. The van der Waals surface area contributed by atoms with E-state index in [1.54, 1.807) is 36.0 Å². The van der Waals surface area contributed by atoms with E-state index < -0.39 is 10.0 Å². The van der Waals surface area contributed by atoms with Gasteiger partial charge in [-0.2, -0.15) is 11.8 Å². The molecule has 1 saturated heterocycles. The fraction of sp³-hybridized carbons (Fsp3) is 0.462. The zero-order valence-electron chi connectivity index (χ0n) is 11.0. The molecule has 1 aromatic rings. The van der Waals surface area contributed by atoms with E-state index in [1.165, 1.54) is 0 Å². The first-order valence-corrected chi connectivity index (χ1v) is 9.64. The van der Waals surface area contributed by atoms with Crippen LogP contribution in [0.2, 0.25) is 0 Å². The second kappa shape index (κ2) is 6.89. The van der Waals surface area contributed by atoms with E-state index in [2.05, 4.69) is 4.72 Å². The molecule has 0 bridgehead atoms. The van der Waals surface area contributed by atoms with Gasteiger partial charge in [0.25, 0.3) is 0 Å². The lowest BCUT2D eigenvalue weighted by Gasteiger charge is -2.22. The molecule has 0 spiro atoms. The van der Waals surface area contributed by atoms with Crippen LogP contribution in [0.1, 0.15) is 24.0 Å². The topological polar surface area (TPSA) is 72.2 Å². The Bertz CT molecular complexity index is 564. The van der Waals surface area contributed by atoms with Gasteiger partial charge in [0.2, 0.25) is 10.0 Å². The molecule has 3 N–H and O–H groups in total. The summed E-state index contributed by atoms with van der Waals surface area (Å²) < 4.78 is 27.0. The predicted octanol–water partition coefficient (Wildman–Crippen LogP) is 1.64. The summed E-state index contributed by atoms with van der Waals surface area (Å²) >= 11 is 6.67. The van der Waals surface area contributed by atoms with Crippen molar-refractivity contribution in [3.05, 3.63) is 35.4 Å². The standard InChI is InChI=1S/C13H18N2O2S3/c14-13(18)11-5-3-10(4-6-11)9-20(16,17)15-12-2-1-7-19-8-12/h3-6,12,15H,1-2,7-9H2,(H2,14,18). The molecule has 0 radical (unpaired) electrons. The van der Waals surface area contributed by atoms with Crippen molar-refractivity contribution in [2.24, 2.45) is 5.73 Å². The summed E-state index contributed by atoms with van der Waals surface area (Å²) in [5.74, 6) is 1.98. The quantitative estimate of drug-likeness (QED) is 0.803. The van der Waals surface area contributed by atoms with Crippen LogP contribution < -0.4 is 10.5 Å². The van der Waals surface area contributed by atoms with Gasteiger partial charge in [0.1, 0.15) is 4.99 Å². The molecule has 1 aliphatic rings. The fourth-order valence-corrected chi connectivity index (χ4v) is 4.85. The maximum Gasteiger partial charge on any atom is 0.216 e. The van der Waals surface area contributed by atoms with Crippen molar-refractivity contribution in [2.45, 2.75) is 24.6 Å². The minimum atomic E-state index is -3.29. The van der Waals surface area contributed by atoms with Crippen LogP contribution >= 0.6 is 24.0 Å². The SMILES string of the molecule is NC(=S)c1ccc(CS(=O)(=O)NC2CCCSC2)cc1. The summed E-state index contributed by atoms with van der Waals surface area (Å²) in [5.41, 5.74) is 7.00. The number of hydrogen-bond donors (Lipinski definition) is 2. The van der Waals surface area contributed by atoms with E-state index in [-0.39, 0.29) is 11.8 Å². The van der Waals surface area contributed by atoms with Gasteiger partial charge in [-0.3, -0.25) is 0 Å². The average Bonchev–Trinajstić information content (AvgIpc) is 2.39. The molecule has 7 heteroatoms. The van der Waals surface area contributed by atoms with Crippen LogP contribution in [0.25, 0.3) is 0 Å². The van der Waals surface area contributed by atoms with E-state index in [4.69, 9.17) is 18.0 Å². The second-order valence-corrected chi connectivity index (χ2v) is 8.20. The van der Waals surface area contributed by atoms with Gasteiger partial charge in [-0.1, -0.05) is 36.5 Å². The fourth-order valence-electron chi connectivity index (χ4n) is 2.11. The first-order valence-electron chi connectivity index (χ1n) is 6.43. The van der Waals surface area contributed by atoms with Gasteiger partial charge in [-0.25, -0.2) is 13.1 Å². The summed E-state index contributed by atoms with van der Waals surface area (Å²) in [6.07, 6.45) is 1.99. The Balaban J connectivity index is 1.98. The molecule has 0 saturated carbocycles. The summed E-state index contributed by atoms with van der Waals surface area (Å²) in [4.78, 5) is 0.316. The molecule has 20 heavy (non-hydrogen) atoms. The van der Waals surface area contributed by atoms with Crippen LogP contribution in [0.5, 0.6) is 0 Å². The van der Waals surface area contributed by atoms with Gasteiger partial charge >= 0.3 is 0 Å². The van der Waals surface area contributed by atoms with Crippen LogP contribution in [0.3, 0.4) is 0 Å². The number of benzene rings is 1. The molecule has 1 unspecified atom stereocenters. The number of thioether (sulfide) groups is 1. The number of thiocarbonyl (C=S) groups is 1. The van der Waals surface area contributed by atoms with Crippen LogP contribution in [0.4, 0.5) is 0 Å². The van der Waals surface area contributed by atoms with E-state index in [0.717, 1.165) is 35.5 Å². The summed E-state index contributed by atoms with van der Waals surface area (Å²) in [5, 5.41) is 0. The van der Waals surface area contributed by atoms with E-state index in [0.29, 0.717) is 4.99 Å². The molecule has 1 fully saturated rings. The highest BCUT2D eigenvalue weighted by atomic mass is 32.2. The Labute approximate surface area is 129 Å². The van der Waals surface area contributed by atoms with Crippen LogP contribution in [-0.4, -0.2) is 31.0 Å². The predicted molar refractivity (Wildman–Crippen MR) is 88.4 cm³/mol. The first kappa shape index (κ1) is 15.8. The van der Waals surface area contributed by atoms with Crippen LogP contribution in [0.15, 0.2) is 24.3 Å². The highest BCUT2D eigenvalue weighted by molar-refractivity contribution is 7.99. The number of sulfonamides is 1. The highest BCUT2D eigenvalue weighted by Gasteiger charge is 2.20. The normalized spacial score (nSPS) is 19.7. The molecule has 1 aliphatic heterocycles. The molecule has 0 aromatic heterocycles. The summed E-state index contributed by atoms with van der Waals surface area (Å²) in [7, 11) is -3.29. The van der Waals surface area contributed by atoms with Crippen LogP contribution in [-0.2, 0) is 15.8 Å². The molecule has 2 rings (SSSR count). The van der Waals surface area contributed by atoms with E-state index in [1.807, 2.05) is 0 Å². The third-order valence-corrected chi connectivity index (χ3v) is 5.96. The number of rotatable bonds is 5. The number of nitrogens with one attached hydrogen (secondary N) is 1. The van der Waals surface area contributed by atoms with Gasteiger partial charge in [-0.15, -0.1) is 0 Å². The second-order valence-electron chi connectivity index (χ2n) is 4.85. The van der Waals surface area contributed by atoms with Crippen molar-refractivity contribution in [1.82, 2.24) is 4.72 Å². The Kier molecular flexibility index (Phi) is 5.42. The lowest BCUT2D eigenvalue weighted by Crippen LogP contribution is -2.38. The zero-order chi connectivity index (χ0) is 14.6. The minimum absolute atomic E-state index is 0.00815. The zero-order valence-corrected chi connectivity index (χ0v) is 13.5. The maximum atomic E-state index is 12.1. The van der Waals surface area contributed by atoms with E-state index in [9.17, 15) is 8.42 Å². The van der Waals surface area contributed by atoms with E-state index >= 15 is 0 Å². The van der Waals surface area contributed by atoms with Gasteiger partial charge in [-0.05, 0) is 24.2 Å². The van der Waals surface area contributed by atoms with Gasteiger partial charge in [0.15, 0.2) is 0 Å².